The summed E-state index contributed by atoms with van der Waals surface area (Å²) in [7, 11) is 0. The first-order chi connectivity index (χ1) is 9.29. The van der Waals surface area contributed by atoms with Crippen molar-refractivity contribution in [2.75, 3.05) is 32.8 Å². The van der Waals surface area contributed by atoms with E-state index in [1.807, 2.05) is 36.1 Å². The van der Waals surface area contributed by atoms with E-state index in [-0.39, 0.29) is 5.91 Å². The molecule has 1 saturated heterocycles. The predicted molar refractivity (Wildman–Crippen MR) is 75.4 cm³/mol. The average molecular weight is 262 g/mol. The molecule has 1 aliphatic heterocycles. The van der Waals surface area contributed by atoms with Gasteiger partial charge in [-0.25, -0.2) is 0 Å². The molecule has 1 N–H and O–H groups in total. The molecule has 0 spiro atoms. The van der Waals surface area contributed by atoms with Gasteiger partial charge in [0.05, 0.1) is 6.61 Å². The molecule has 0 unspecified atom stereocenters. The Morgan fingerprint density at radius 1 is 1.26 bits per heavy atom. The van der Waals surface area contributed by atoms with Crippen LogP contribution in [0.25, 0.3) is 0 Å². The summed E-state index contributed by atoms with van der Waals surface area (Å²) in [4.78, 5) is 14.0. The van der Waals surface area contributed by atoms with Crippen molar-refractivity contribution in [3.05, 3.63) is 29.8 Å². The molecular weight excluding hydrogens is 240 g/mol. The van der Waals surface area contributed by atoms with Crippen molar-refractivity contribution in [2.45, 2.75) is 19.8 Å². The maximum absolute atomic E-state index is 12.0. The van der Waals surface area contributed by atoms with Crippen LogP contribution >= 0.6 is 0 Å². The fraction of sp³-hybridized carbons (Fsp3) is 0.533. The Balaban J connectivity index is 1.79. The Bertz CT molecular complexity index is 397. The molecule has 1 fully saturated rings. The number of hydrogen-bond donors (Lipinski definition) is 1. The van der Waals surface area contributed by atoms with E-state index >= 15 is 0 Å². The first kappa shape index (κ1) is 13.9. The topological polar surface area (TPSA) is 41.6 Å². The molecule has 104 valence electrons. The lowest BCUT2D eigenvalue weighted by atomic mass is 10.1. The highest BCUT2D eigenvalue weighted by atomic mass is 16.5. The second-order valence-electron chi connectivity index (χ2n) is 4.71. The molecule has 1 heterocycles. The average Bonchev–Trinajstić information content (AvgIpc) is 2.47. The van der Waals surface area contributed by atoms with Gasteiger partial charge in [0.1, 0.15) is 5.75 Å². The van der Waals surface area contributed by atoms with Crippen LogP contribution in [-0.2, 0) is 11.2 Å². The molecule has 0 saturated carbocycles. The van der Waals surface area contributed by atoms with Gasteiger partial charge in [0, 0.05) is 32.6 Å². The Labute approximate surface area is 114 Å². The van der Waals surface area contributed by atoms with Crippen LogP contribution in [0.1, 0.15) is 18.9 Å². The van der Waals surface area contributed by atoms with Crippen LogP contribution < -0.4 is 10.1 Å². The lowest BCUT2D eigenvalue weighted by molar-refractivity contribution is -0.131. The van der Waals surface area contributed by atoms with Crippen molar-refractivity contribution in [3.8, 4) is 5.75 Å². The van der Waals surface area contributed by atoms with Gasteiger partial charge >= 0.3 is 0 Å². The third-order valence-electron chi connectivity index (χ3n) is 3.33. The smallest absolute Gasteiger partial charge is 0.222 e. The third kappa shape index (κ3) is 4.24. The van der Waals surface area contributed by atoms with Crippen LogP contribution in [0.3, 0.4) is 0 Å². The van der Waals surface area contributed by atoms with Gasteiger partial charge in [0.25, 0.3) is 0 Å². The molecule has 19 heavy (non-hydrogen) atoms. The van der Waals surface area contributed by atoms with Crippen molar-refractivity contribution < 1.29 is 9.53 Å². The van der Waals surface area contributed by atoms with E-state index in [2.05, 4.69) is 5.32 Å². The normalized spacial score (nSPS) is 15.3. The molecule has 4 heteroatoms. The highest BCUT2D eigenvalue weighted by Gasteiger charge is 2.15. The molecule has 0 atom stereocenters. The number of amides is 1. The predicted octanol–water partition coefficient (Wildman–Crippen LogP) is 1.45. The van der Waals surface area contributed by atoms with Crippen molar-refractivity contribution >= 4 is 5.91 Å². The Kier molecular flexibility index (Phi) is 5.21. The number of nitrogens with one attached hydrogen (secondary N) is 1. The minimum absolute atomic E-state index is 0.260. The monoisotopic (exact) mass is 262 g/mol. The largest absolute Gasteiger partial charge is 0.494 e. The molecule has 0 aliphatic carbocycles. The second-order valence-corrected chi connectivity index (χ2v) is 4.71. The summed E-state index contributed by atoms with van der Waals surface area (Å²) in [5, 5.41) is 3.25. The molecular formula is C15H22N2O2. The van der Waals surface area contributed by atoms with Gasteiger partial charge in [-0.1, -0.05) is 12.1 Å². The highest BCUT2D eigenvalue weighted by Crippen LogP contribution is 2.13. The summed E-state index contributed by atoms with van der Waals surface area (Å²) < 4.78 is 5.40. The van der Waals surface area contributed by atoms with Crippen LogP contribution in [0.4, 0.5) is 0 Å². The summed E-state index contributed by atoms with van der Waals surface area (Å²) in [5.74, 6) is 1.15. The molecule has 1 aromatic rings. The third-order valence-corrected chi connectivity index (χ3v) is 3.33. The van der Waals surface area contributed by atoms with Crippen molar-refractivity contribution in [2.24, 2.45) is 0 Å². The quantitative estimate of drug-likeness (QED) is 0.873. The van der Waals surface area contributed by atoms with Crippen LogP contribution in [-0.4, -0.2) is 43.6 Å². The number of benzene rings is 1. The number of aryl methyl sites for hydroxylation is 1. The van der Waals surface area contributed by atoms with Gasteiger partial charge in [-0.15, -0.1) is 0 Å². The number of nitrogens with zero attached hydrogens (tertiary/aromatic N) is 1. The second kappa shape index (κ2) is 7.14. The van der Waals surface area contributed by atoms with E-state index in [4.69, 9.17) is 4.74 Å². The minimum Gasteiger partial charge on any atom is -0.494 e. The Morgan fingerprint density at radius 3 is 2.58 bits per heavy atom. The maximum atomic E-state index is 12.0. The van der Waals surface area contributed by atoms with Crippen molar-refractivity contribution in [1.29, 1.82) is 0 Å². The molecule has 0 bridgehead atoms. The van der Waals surface area contributed by atoms with Crippen LogP contribution in [0.2, 0.25) is 0 Å². The zero-order chi connectivity index (χ0) is 13.5. The molecule has 0 radical (unpaired) electrons. The number of carbonyl (C=O) groups is 1. The SMILES string of the molecule is CCOc1ccc(CCC(=O)N2CCNCC2)cc1. The van der Waals surface area contributed by atoms with E-state index in [0.717, 1.165) is 38.3 Å². The lowest BCUT2D eigenvalue weighted by Gasteiger charge is -2.27. The number of piperazine rings is 1. The van der Waals surface area contributed by atoms with E-state index in [9.17, 15) is 4.79 Å². The molecule has 0 aromatic heterocycles. The summed E-state index contributed by atoms with van der Waals surface area (Å²) in [5.41, 5.74) is 1.19. The Morgan fingerprint density at radius 2 is 1.95 bits per heavy atom. The van der Waals surface area contributed by atoms with Crippen LogP contribution in [0, 0.1) is 0 Å². The summed E-state index contributed by atoms with van der Waals surface area (Å²) in [6.45, 7) is 6.15. The van der Waals surface area contributed by atoms with Gasteiger partial charge in [0.2, 0.25) is 5.91 Å². The van der Waals surface area contributed by atoms with Crippen LogP contribution in [0.15, 0.2) is 24.3 Å². The number of rotatable bonds is 5. The lowest BCUT2D eigenvalue weighted by Crippen LogP contribution is -2.46. The van der Waals surface area contributed by atoms with Crippen molar-refractivity contribution in [3.63, 3.8) is 0 Å². The van der Waals surface area contributed by atoms with Gasteiger partial charge < -0.3 is 15.0 Å². The standard InChI is InChI=1S/C15H22N2O2/c1-2-19-14-6-3-13(4-7-14)5-8-15(18)17-11-9-16-10-12-17/h3-4,6-7,16H,2,5,8-12H2,1H3. The number of carbonyl (C=O) groups excluding carboxylic acids is 1. The summed E-state index contributed by atoms with van der Waals surface area (Å²) >= 11 is 0. The minimum atomic E-state index is 0.260. The van der Waals surface area contributed by atoms with E-state index in [1.165, 1.54) is 5.56 Å². The molecule has 1 amide bonds. The number of ether oxygens (including phenoxy) is 1. The number of hydrogen-bond acceptors (Lipinski definition) is 3. The molecule has 2 rings (SSSR count). The van der Waals surface area contributed by atoms with Gasteiger partial charge in [-0.3, -0.25) is 4.79 Å². The van der Waals surface area contributed by atoms with Crippen LogP contribution in [0.5, 0.6) is 5.75 Å². The highest BCUT2D eigenvalue weighted by molar-refractivity contribution is 5.76. The summed E-state index contributed by atoms with van der Waals surface area (Å²) in [6.07, 6.45) is 1.39. The zero-order valence-electron chi connectivity index (χ0n) is 11.5. The first-order valence-electron chi connectivity index (χ1n) is 7.00. The van der Waals surface area contributed by atoms with Gasteiger partial charge in [-0.05, 0) is 31.0 Å². The first-order valence-corrected chi connectivity index (χ1v) is 7.00. The van der Waals surface area contributed by atoms with E-state index in [1.54, 1.807) is 0 Å². The van der Waals surface area contributed by atoms with E-state index in [0.29, 0.717) is 13.0 Å². The van der Waals surface area contributed by atoms with Gasteiger partial charge in [0.15, 0.2) is 0 Å². The molecule has 1 aliphatic rings. The fourth-order valence-corrected chi connectivity index (χ4v) is 2.24. The van der Waals surface area contributed by atoms with E-state index < -0.39 is 0 Å². The van der Waals surface area contributed by atoms with Crippen molar-refractivity contribution in [1.82, 2.24) is 10.2 Å². The summed E-state index contributed by atoms with van der Waals surface area (Å²) in [6, 6.07) is 8.01. The zero-order valence-corrected chi connectivity index (χ0v) is 11.5. The Hall–Kier alpha value is -1.55. The maximum Gasteiger partial charge on any atom is 0.222 e. The fourth-order valence-electron chi connectivity index (χ4n) is 2.24. The molecule has 4 nitrogen and oxygen atoms in total. The van der Waals surface area contributed by atoms with Gasteiger partial charge in [-0.2, -0.15) is 0 Å². The molecule has 1 aromatic carbocycles.